The number of para-hydroxylation sites is 1. The lowest BCUT2D eigenvalue weighted by atomic mass is 10.1. The molecule has 3 heterocycles. The Balaban J connectivity index is 1.84. The summed E-state index contributed by atoms with van der Waals surface area (Å²) in [5, 5.41) is 7.77. The second-order valence-corrected chi connectivity index (χ2v) is 7.23. The average molecular weight is 317 g/mol. The predicted octanol–water partition coefficient (Wildman–Crippen LogP) is 2.61. The normalized spacial score (nSPS) is 15.2. The molecule has 0 radical (unpaired) electrons. The van der Waals surface area contributed by atoms with E-state index in [1.807, 2.05) is 25.1 Å². The van der Waals surface area contributed by atoms with Gasteiger partial charge in [0.05, 0.1) is 0 Å². The minimum atomic E-state index is -3.74. The van der Waals surface area contributed by atoms with E-state index in [0.717, 1.165) is 29.5 Å². The van der Waals surface area contributed by atoms with Crippen molar-refractivity contribution in [2.75, 3.05) is 10.8 Å². The van der Waals surface area contributed by atoms with Gasteiger partial charge >= 0.3 is 0 Å². The number of benzene rings is 1. The lowest BCUT2D eigenvalue weighted by Gasteiger charge is -2.25. The first-order valence-electron chi connectivity index (χ1n) is 7.12. The molecule has 6 nitrogen and oxygen atoms in total. The molecule has 1 aliphatic rings. The first-order valence-corrected chi connectivity index (χ1v) is 8.56. The van der Waals surface area contributed by atoms with Gasteiger partial charge in [-0.25, -0.2) is 4.31 Å². The summed E-state index contributed by atoms with van der Waals surface area (Å²) in [7, 11) is -3.74. The monoisotopic (exact) mass is 317 g/mol. The summed E-state index contributed by atoms with van der Waals surface area (Å²) in [6.07, 6.45) is 1.61. The van der Waals surface area contributed by atoms with Crippen molar-refractivity contribution in [2.45, 2.75) is 24.9 Å². The number of nitrogens with zero attached hydrogens (tertiary/aromatic N) is 2. The largest absolute Gasteiger partial charge is 0.443 e. The van der Waals surface area contributed by atoms with E-state index >= 15 is 0 Å². The summed E-state index contributed by atoms with van der Waals surface area (Å²) < 4.78 is 32.7. The number of aromatic nitrogens is 2. The van der Waals surface area contributed by atoms with Gasteiger partial charge in [-0.05, 0) is 25.8 Å². The predicted molar refractivity (Wildman–Crippen MR) is 82.4 cm³/mol. The summed E-state index contributed by atoms with van der Waals surface area (Å²) >= 11 is 0. The molecule has 22 heavy (non-hydrogen) atoms. The molecule has 7 heteroatoms. The number of fused-ring (bicyclic) bond motifs is 2. The number of hydrogen-bond acceptors (Lipinski definition) is 4. The van der Waals surface area contributed by atoms with Crippen LogP contribution >= 0.6 is 0 Å². The lowest BCUT2D eigenvalue weighted by Crippen LogP contribution is -2.35. The maximum Gasteiger partial charge on any atom is 0.299 e. The first-order chi connectivity index (χ1) is 10.6. The molecule has 0 atom stereocenters. The Hall–Kier alpha value is -2.28. The van der Waals surface area contributed by atoms with Crippen LogP contribution < -0.4 is 4.31 Å². The number of furan rings is 1. The number of rotatable bonds is 2. The molecule has 3 aromatic rings. The van der Waals surface area contributed by atoms with Crippen molar-refractivity contribution in [2.24, 2.45) is 0 Å². The quantitative estimate of drug-likeness (QED) is 0.788. The molecule has 4 rings (SSSR count). The molecule has 0 spiro atoms. The summed E-state index contributed by atoms with van der Waals surface area (Å²) in [5.41, 5.74) is 2.45. The summed E-state index contributed by atoms with van der Waals surface area (Å²) in [5.74, 6) is 0.490. The standard InChI is InChI=1S/C15H15N3O3S/c1-10-12-6-4-8-18(15(12)17-16-10)22(19,20)14-9-11-5-2-3-7-13(11)21-14/h2-3,5,7,9H,4,6,8H2,1H3,(H,16,17). The average Bonchev–Trinajstić information content (AvgIpc) is 3.11. The van der Waals surface area contributed by atoms with E-state index in [1.165, 1.54) is 4.31 Å². The van der Waals surface area contributed by atoms with Gasteiger partial charge in [-0.3, -0.25) is 5.10 Å². The van der Waals surface area contributed by atoms with Gasteiger partial charge < -0.3 is 4.42 Å². The van der Waals surface area contributed by atoms with E-state index in [0.29, 0.717) is 17.9 Å². The minimum absolute atomic E-state index is 0.0396. The topological polar surface area (TPSA) is 79.2 Å². The van der Waals surface area contributed by atoms with E-state index < -0.39 is 10.0 Å². The highest BCUT2D eigenvalue weighted by Crippen LogP contribution is 2.33. The van der Waals surface area contributed by atoms with Crippen LogP contribution in [0.1, 0.15) is 17.7 Å². The number of anilines is 1. The van der Waals surface area contributed by atoms with Crippen molar-refractivity contribution in [1.82, 2.24) is 10.2 Å². The molecule has 0 unspecified atom stereocenters. The third kappa shape index (κ3) is 1.85. The van der Waals surface area contributed by atoms with Crippen molar-refractivity contribution in [1.29, 1.82) is 0 Å². The van der Waals surface area contributed by atoms with Gasteiger partial charge in [0.2, 0.25) is 5.09 Å². The maximum atomic E-state index is 12.9. The number of aryl methyl sites for hydroxylation is 1. The zero-order valence-electron chi connectivity index (χ0n) is 12.0. The number of hydrogen-bond donors (Lipinski definition) is 1. The maximum absolute atomic E-state index is 12.9. The van der Waals surface area contributed by atoms with E-state index in [9.17, 15) is 8.42 Å². The van der Waals surface area contributed by atoms with Gasteiger partial charge in [0.25, 0.3) is 10.0 Å². The molecular weight excluding hydrogens is 302 g/mol. The van der Waals surface area contributed by atoms with Crippen LogP contribution in [0.15, 0.2) is 39.8 Å². The third-order valence-electron chi connectivity index (χ3n) is 4.02. The van der Waals surface area contributed by atoms with Crippen LogP contribution in [0.4, 0.5) is 5.82 Å². The Morgan fingerprint density at radius 1 is 1.32 bits per heavy atom. The number of sulfonamides is 1. The van der Waals surface area contributed by atoms with E-state index in [2.05, 4.69) is 10.2 Å². The van der Waals surface area contributed by atoms with Crippen molar-refractivity contribution < 1.29 is 12.8 Å². The molecule has 1 aliphatic heterocycles. The molecule has 114 valence electrons. The van der Waals surface area contributed by atoms with Gasteiger partial charge in [-0.15, -0.1) is 0 Å². The number of aromatic amines is 1. The molecule has 1 aromatic carbocycles. The third-order valence-corrected chi connectivity index (χ3v) is 5.67. The Labute approximate surface area is 127 Å². The Kier molecular flexibility index (Phi) is 2.80. The van der Waals surface area contributed by atoms with Gasteiger partial charge in [-0.2, -0.15) is 13.5 Å². The van der Waals surface area contributed by atoms with Gasteiger partial charge in [0.1, 0.15) is 5.58 Å². The van der Waals surface area contributed by atoms with Crippen LogP contribution in [0.5, 0.6) is 0 Å². The van der Waals surface area contributed by atoms with Crippen LogP contribution in [0, 0.1) is 6.92 Å². The van der Waals surface area contributed by atoms with Crippen LogP contribution in [-0.4, -0.2) is 25.2 Å². The number of nitrogens with one attached hydrogen (secondary N) is 1. The van der Waals surface area contributed by atoms with E-state index in [1.54, 1.807) is 12.1 Å². The summed E-state index contributed by atoms with van der Waals surface area (Å²) in [6.45, 7) is 2.32. The van der Waals surface area contributed by atoms with Crippen molar-refractivity contribution in [3.8, 4) is 0 Å². The summed E-state index contributed by atoms with van der Waals surface area (Å²) in [6, 6.07) is 8.83. The molecule has 0 bridgehead atoms. The Morgan fingerprint density at radius 2 is 2.14 bits per heavy atom. The zero-order valence-corrected chi connectivity index (χ0v) is 12.9. The zero-order chi connectivity index (χ0) is 15.3. The van der Waals surface area contributed by atoms with Crippen molar-refractivity contribution in [3.05, 3.63) is 41.6 Å². The molecule has 0 saturated carbocycles. The first kappa shape index (κ1) is 13.4. The van der Waals surface area contributed by atoms with Gasteiger partial charge in [0, 0.05) is 29.3 Å². The molecule has 1 N–H and O–H groups in total. The molecular formula is C15H15N3O3S. The fourth-order valence-electron chi connectivity index (χ4n) is 2.88. The second-order valence-electron chi connectivity index (χ2n) is 5.43. The minimum Gasteiger partial charge on any atom is -0.443 e. The fourth-order valence-corrected chi connectivity index (χ4v) is 4.31. The lowest BCUT2D eigenvalue weighted by molar-refractivity contribution is 0.478. The highest BCUT2D eigenvalue weighted by molar-refractivity contribution is 7.92. The van der Waals surface area contributed by atoms with Crippen molar-refractivity contribution in [3.63, 3.8) is 0 Å². The summed E-state index contributed by atoms with van der Waals surface area (Å²) in [4.78, 5) is 0. The molecule has 2 aromatic heterocycles. The van der Waals surface area contributed by atoms with Gasteiger partial charge in [0.15, 0.2) is 5.82 Å². The highest BCUT2D eigenvalue weighted by Gasteiger charge is 2.34. The van der Waals surface area contributed by atoms with Gasteiger partial charge in [-0.1, -0.05) is 18.2 Å². The van der Waals surface area contributed by atoms with Crippen LogP contribution in [0.3, 0.4) is 0 Å². The molecule has 0 amide bonds. The number of H-pyrrole nitrogens is 1. The molecule has 0 aliphatic carbocycles. The van der Waals surface area contributed by atoms with Crippen molar-refractivity contribution >= 4 is 26.8 Å². The molecule has 0 fully saturated rings. The van der Waals surface area contributed by atoms with Crippen LogP contribution in [-0.2, 0) is 16.4 Å². The smallest absolute Gasteiger partial charge is 0.299 e. The van der Waals surface area contributed by atoms with Crippen LogP contribution in [0.25, 0.3) is 11.0 Å². The molecule has 0 saturated heterocycles. The highest BCUT2D eigenvalue weighted by atomic mass is 32.2. The van der Waals surface area contributed by atoms with E-state index in [4.69, 9.17) is 4.42 Å². The van der Waals surface area contributed by atoms with E-state index in [-0.39, 0.29) is 5.09 Å². The Morgan fingerprint density at radius 3 is 2.95 bits per heavy atom. The Bertz CT molecular complexity index is 922. The SMILES string of the molecule is Cc1[nH]nc2c1CCCN2S(=O)(=O)c1cc2ccccc2o1. The van der Waals surface area contributed by atoms with Crippen LogP contribution in [0.2, 0.25) is 0 Å². The fraction of sp³-hybridized carbons (Fsp3) is 0.267. The second kappa shape index (κ2) is 4.61.